The fourth-order valence-corrected chi connectivity index (χ4v) is 2.63. The number of nitrogens with zero attached hydrogens (tertiary/aromatic N) is 1. The zero-order valence-corrected chi connectivity index (χ0v) is 11.5. The Morgan fingerprint density at radius 2 is 1.74 bits per heavy atom. The second-order valence-electron chi connectivity index (χ2n) is 5.35. The lowest BCUT2D eigenvalue weighted by Gasteiger charge is -2.32. The second-order valence-corrected chi connectivity index (χ2v) is 5.35. The summed E-state index contributed by atoms with van der Waals surface area (Å²) in [6, 6.07) is 4.13. The predicted octanol–water partition coefficient (Wildman–Crippen LogP) is 2.93. The summed E-state index contributed by atoms with van der Waals surface area (Å²) in [6.07, 6.45) is 3.89. The summed E-state index contributed by atoms with van der Waals surface area (Å²) in [7, 11) is 0. The van der Waals surface area contributed by atoms with Crippen molar-refractivity contribution in [3.63, 3.8) is 0 Å². The first kappa shape index (κ1) is 14.4. The summed E-state index contributed by atoms with van der Waals surface area (Å²) in [5, 5.41) is 3.28. The Morgan fingerprint density at radius 3 is 2.37 bits per heavy atom. The third-order valence-electron chi connectivity index (χ3n) is 3.71. The molecule has 2 nitrogen and oxygen atoms in total. The molecule has 0 aliphatic carbocycles. The highest BCUT2D eigenvalue weighted by Gasteiger charge is 2.15. The molecule has 19 heavy (non-hydrogen) atoms. The average molecular weight is 268 g/mol. The number of benzene rings is 1. The van der Waals surface area contributed by atoms with E-state index in [2.05, 4.69) is 17.1 Å². The molecule has 1 N–H and O–H groups in total. The van der Waals surface area contributed by atoms with Crippen LogP contribution in [-0.2, 0) is 6.54 Å². The van der Waals surface area contributed by atoms with Gasteiger partial charge in [0.05, 0.1) is 0 Å². The maximum Gasteiger partial charge on any atom is 0.126 e. The topological polar surface area (TPSA) is 15.3 Å². The Hall–Kier alpha value is -1.00. The number of hydrogen-bond acceptors (Lipinski definition) is 2. The van der Waals surface area contributed by atoms with Gasteiger partial charge in [-0.1, -0.05) is 6.42 Å². The molecule has 1 aliphatic rings. The summed E-state index contributed by atoms with van der Waals surface area (Å²) in [5.41, 5.74) is 0.656. The van der Waals surface area contributed by atoms with Gasteiger partial charge < -0.3 is 5.32 Å². The standard InChI is InChI=1S/C15H22F2N2/c1-12(19-5-3-2-4-6-19)10-18-11-13-7-14(16)9-15(17)8-13/h7-9,12,18H,2-6,10-11H2,1H3. The molecule has 1 fully saturated rings. The molecule has 0 bridgehead atoms. The van der Waals surface area contributed by atoms with E-state index in [1.54, 1.807) is 0 Å². The van der Waals surface area contributed by atoms with E-state index >= 15 is 0 Å². The van der Waals surface area contributed by atoms with Gasteiger partial charge in [-0.15, -0.1) is 0 Å². The number of halogens is 2. The molecular weight excluding hydrogens is 246 g/mol. The quantitative estimate of drug-likeness (QED) is 0.883. The van der Waals surface area contributed by atoms with Crippen molar-refractivity contribution >= 4 is 0 Å². The van der Waals surface area contributed by atoms with Gasteiger partial charge in [-0.3, -0.25) is 4.90 Å². The summed E-state index contributed by atoms with van der Waals surface area (Å²) in [5.74, 6) is -1.03. The van der Waals surface area contributed by atoms with E-state index in [-0.39, 0.29) is 0 Å². The van der Waals surface area contributed by atoms with Crippen molar-refractivity contribution in [2.75, 3.05) is 19.6 Å². The second kappa shape index (κ2) is 6.96. The van der Waals surface area contributed by atoms with Gasteiger partial charge in [0, 0.05) is 25.2 Å². The van der Waals surface area contributed by atoms with E-state index in [1.165, 1.54) is 31.4 Å². The Bertz CT molecular complexity index is 383. The fraction of sp³-hybridized carbons (Fsp3) is 0.600. The lowest BCUT2D eigenvalue weighted by atomic mass is 10.1. The largest absolute Gasteiger partial charge is 0.311 e. The lowest BCUT2D eigenvalue weighted by molar-refractivity contribution is 0.170. The van der Waals surface area contributed by atoms with Gasteiger partial charge in [-0.2, -0.15) is 0 Å². The van der Waals surface area contributed by atoms with Gasteiger partial charge in [-0.05, 0) is 50.6 Å². The minimum absolute atomic E-state index is 0.471. The van der Waals surface area contributed by atoms with Crippen LogP contribution in [0.25, 0.3) is 0 Å². The van der Waals surface area contributed by atoms with Crippen molar-refractivity contribution in [2.45, 2.75) is 38.8 Å². The zero-order valence-electron chi connectivity index (χ0n) is 11.5. The molecule has 1 aliphatic heterocycles. The molecule has 106 valence electrons. The van der Waals surface area contributed by atoms with Crippen molar-refractivity contribution in [3.8, 4) is 0 Å². The predicted molar refractivity (Wildman–Crippen MR) is 73.0 cm³/mol. The van der Waals surface area contributed by atoms with Crippen LogP contribution < -0.4 is 5.32 Å². The van der Waals surface area contributed by atoms with Crippen molar-refractivity contribution in [1.29, 1.82) is 0 Å². The van der Waals surface area contributed by atoms with Crippen LogP contribution in [0.5, 0.6) is 0 Å². The van der Waals surface area contributed by atoms with Crippen molar-refractivity contribution in [2.24, 2.45) is 0 Å². The minimum atomic E-state index is -0.513. The summed E-state index contributed by atoms with van der Waals surface area (Å²) >= 11 is 0. The molecule has 1 aromatic carbocycles. The molecule has 0 amide bonds. The van der Waals surface area contributed by atoms with Crippen LogP contribution in [0.1, 0.15) is 31.7 Å². The Morgan fingerprint density at radius 1 is 1.11 bits per heavy atom. The monoisotopic (exact) mass is 268 g/mol. The summed E-state index contributed by atoms with van der Waals surface area (Å²) in [4.78, 5) is 2.47. The highest BCUT2D eigenvalue weighted by atomic mass is 19.1. The minimum Gasteiger partial charge on any atom is -0.311 e. The van der Waals surface area contributed by atoms with Gasteiger partial charge in [-0.25, -0.2) is 8.78 Å². The maximum atomic E-state index is 13.0. The van der Waals surface area contributed by atoms with E-state index in [9.17, 15) is 8.78 Å². The van der Waals surface area contributed by atoms with Crippen LogP contribution in [0.15, 0.2) is 18.2 Å². The highest BCUT2D eigenvalue weighted by molar-refractivity contribution is 5.17. The summed E-state index contributed by atoms with van der Waals surface area (Å²) in [6.45, 7) is 5.88. The normalized spacial score (nSPS) is 18.5. The SMILES string of the molecule is CC(CNCc1cc(F)cc(F)c1)N1CCCCC1. The van der Waals surface area contributed by atoms with E-state index in [0.29, 0.717) is 18.2 Å². The molecule has 1 atom stereocenters. The molecule has 0 spiro atoms. The zero-order chi connectivity index (χ0) is 13.7. The lowest BCUT2D eigenvalue weighted by Crippen LogP contribution is -2.42. The molecule has 1 unspecified atom stereocenters. The van der Waals surface area contributed by atoms with Gasteiger partial charge in [0.25, 0.3) is 0 Å². The van der Waals surface area contributed by atoms with Crippen molar-refractivity contribution < 1.29 is 8.78 Å². The highest BCUT2D eigenvalue weighted by Crippen LogP contribution is 2.12. The van der Waals surface area contributed by atoms with Crippen molar-refractivity contribution in [1.82, 2.24) is 10.2 Å². The maximum absolute atomic E-state index is 13.0. The first-order valence-corrected chi connectivity index (χ1v) is 7.05. The number of nitrogens with one attached hydrogen (secondary N) is 1. The molecule has 0 aromatic heterocycles. The molecular formula is C15H22F2N2. The van der Waals surface area contributed by atoms with Gasteiger partial charge in [0.1, 0.15) is 11.6 Å². The molecule has 2 rings (SSSR count). The van der Waals surface area contributed by atoms with Crippen LogP contribution >= 0.6 is 0 Å². The van der Waals surface area contributed by atoms with Crippen LogP contribution in [0.2, 0.25) is 0 Å². The molecule has 0 saturated carbocycles. The van der Waals surface area contributed by atoms with Gasteiger partial charge in [0.2, 0.25) is 0 Å². The molecule has 0 radical (unpaired) electrons. The molecule has 1 saturated heterocycles. The van der Waals surface area contributed by atoms with Crippen LogP contribution in [0.3, 0.4) is 0 Å². The number of hydrogen-bond donors (Lipinski definition) is 1. The van der Waals surface area contributed by atoms with Crippen LogP contribution in [0.4, 0.5) is 8.78 Å². The van der Waals surface area contributed by atoms with Gasteiger partial charge >= 0.3 is 0 Å². The average Bonchev–Trinajstić information content (AvgIpc) is 2.38. The summed E-state index contributed by atoms with van der Waals surface area (Å²) < 4.78 is 26.1. The van der Waals surface area contributed by atoms with Crippen LogP contribution in [0, 0.1) is 11.6 Å². The molecule has 4 heteroatoms. The van der Waals surface area contributed by atoms with Gasteiger partial charge in [0.15, 0.2) is 0 Å². The van der Waals surface area contributed by atoms with E-state index in [1.807, 2.05) is 0 Å². The number of likely N-dealkylation sites (tertiary alicyclic amines) is 1. The molecule has 1 heterocycles. The Kier molecular flexibility index (Phi) is 5.28. The third-order valence-corrected chi connectivity index (χ3v) is 3.71. The van der Waals surface area contributed by atoms with E-state index < -0.39 is 11.6 Å². The third kappa shape index (κ3) is 4.55. The van der Waals surface area contributed by atoms with E-state index in [0.717, 1.165) is 25.7 Å². The number of rotatable bonds is 5. The fourth-order valence-electron chi connectivity index (χ4n) is 2.63. The molecule has 1 aromatic rings. The van der Waals surface area contributed by atoms with Crippen LogP contribution in [-0.4, -0.2) is 30.6 Å². The van der Waals surface area contributed by atoms with E-state index in [4.69, 9.17) is 0 Å². The Balaban J connectivity index is 1.76. The first-order chi connectivity index (χ1) is 9.15. The Labute approximate surface area is 113 Å². The van der Waals surface area contributed by atoms with Crippen molar-refractivity contribution in [3.05, 3.63) is 35.4 Å². The smallest absolute Gasteiger partial charge is 0.126 e. The number of piperidine rings is 1. The first-order valence-electron chi connectivity index (χ1n) is 7.05.